The first-order valence-corrected chi connectivity index (χ1v) is 10.1. The highest BCUT2D eigenvalue weighted by Gasteiger charge is 2.33. The zero-order chi connectivity index (χ0) is 15.5. The van der Waals surface area contributed by atoms with Gasteiger partial charge in [-0.1, -0.05) is 13.8 Å². The lowest BCUT2D eigenvalue weighted by molar-refractivity contribution is 0.218. The molecule has 21 heavy (non-hydrogen) atoms. The van der Waals surface area contributed by atoms with E-state index < -0.39 is 10.0 Å². The maximum Gasteiger partial charge on any atom is 0.244 e. The molecule has 2 atom stereocenters. The third-order valence-corrected chi connectivity index (χ3v) is 7.07. The number of thiophene rings is 1. The summed E-state index contributed by atoms with van der Waals surface area (Å²) < 4.78 is 27.3. The highest BCUT2D eigenvalue weighted by Crippen LogP contribution is 2.29. The van der Waals surface area contributed by atoms with E-state index in [2.05, 4.69) is 19.2 Å². The second kappa shape index (κ2) is 7.22. The van der Waals surface area contributed by atoms with Gasteiger partial charge in [-0.3, -0.25) is 0 Å². The summed E-state index contributed by atoms with van der Waals surface area (Å²) in [5.74, 6) is 0.445. The molecule has 1 N–H and O–H groups in total. The van der Waals surface area contributed by atoms with Crippen molar-refractivity contribution in [1.82, 2.24) is 9.62 Å². The Kier molecular flexibility index (Phi) is 5.82. The van der Waals surface area contributed by atoms with Crippen LogP contribution in [0.1, 0.15) is 44.9 Å². The van der Waals surface area contributed by atoms with Crippen LogP contribution in [-0.2, 0) is 16.6 Å². The van der Waals surface area contributed by atoms with Crippen LogP contribution in [0.25, 0.3) is 0 Å². The first-order valence-electron chi connectivity index (χ1n) is 7.75. The van der Waals surface area contributed by atoms with E-state index in [1.807, 2.05) is 13.0 Å². The summed E-state index contributed by atoms with van der Waals surface area (Å²) in [5.41, 5.74) is 0. The molecule has 0 aliphatic carbocycles. The van der Waals surface area contributed by atoms with Crippen molar-refractivity contribution in [2.45, 2.75) is 57.5 Å². The molecule has 0 saturated carbocycles. The van der Waals surface area contributed by atoms with Crippen LogP contribution in [-0.4, -0.2) is 31.9 Å². The van der Waals surface area contributed by atoms with Crippen LogP contribution in [0.4, 0.5) is 0 Å². The summed E-state index contributed by atoms with van der Waals surface area (Å²) in [4.78, 5) is 1.54. The quantitative estimate of drug-likeness (QED) is 0.816. The molecule has 2 heterocycles. The number of piperidine rings is 1. The van der Waals surface area contributed by atoms with Gasteiger partial charge in [0.2, 0.25) is 10.0 Å². The number of sulfonamides is 1. The van der Waals surface area contributed by atoms with Crippen LogP contribution in [0, 0.1) is 5.92 Å². The molecule has 2 unspecified atom stereocenters. The maximum absolute atomic E-state index is 12.8. The number of hydrogen-bond donors (Lipinski definition) is 1. The SMILES string of the molecule is CCCNCc1cc(S(=O)(=O)N2CC(C)CCC2C)cs1. The molecule has 6 heteroatoms. The van der Waals surface area contributed by atoms with Crippen LogP contribution >= 0.6 is 11.3 Å². The third kappa shape index (κ3) is 4.06. The van der Waals surface area contributed by atoms with Crippen molar-refractivity contribution in [2.24, 2.45) is 5.92 Å². The maximum atomic E-state index is 12.8. The monoisotopic (exact) mass is 330 g/mol. The van der Waals surface area contributed by atoms with Crippen molar-refractivity contribution in [3.8, 4) is 0 Å². The Morgan fingerprint density at radius 3 is 2.86 bits per heavy atom. The Balaban J connectivity index is 2.11. The lowest BCUT2D eigenvalue weighted by Gasteiger charge is -2.35. The van der Waals surface area contributed by atoms with E-state index in [4.69, 9.17) is 0 Å². The minimum atomic E-state index is -3.34. The van der Waals surface area contributed by atoms with Crippen molar-refractivity contribution < 1.29 is 8.42 Å². The number of rotatable bonds is 6. The molecule has 4 nitrogen and oxygen atoms in total. The summed E-state index contributed by atoms with van der Waals surface area (Å²) >= 11 is 1.52. The summed E-state index contributed by atoms with van der Waals surface area (Å²) in [5, 5.41) is 5.10. The fraction of sp³-hybridized carbons (Fsp3) is 0.733. The average molecular weight is 331 g/mol. The van der Waals surface area contributed by atoms with Gasteiger partial charge in [0.25, 0.3) is 0 Å². The van der Waals surface area contributed by atoms with Gasteiger partial charge in [0, 0.05) is 29.4 Å². The Labute approximate surface area is 132 Å². The van der Waals surface area contributed by atoms with E-state index in [1.54, 1.807) is 9.69 Å². The van der Waals surface area contributed by atoms with E-state index in [9.17, 15) is 8.42 Å². The molecule has 0 radical (unpaired) electrons. The van der Waals surface area contributed by atoms with E-state index >= 15 is 0 Å². The predicted molar refractivity (Wildman–Crippen MR) is 88.1 cm³/mol. The van der Waals surface area contributed by atoms with Gasteiger partial charge >= 0.3 is 0 Å². The molecule has 1 fully saturated rings. The van der Waals surface area contributed by atoms with Crippen molar-refractivity contribution in [3.05, 3.63) is 16.3 Å². The molecule has 1 aliphatic heterocycles. The van der Waals surface area contributed by atoms with Gasteiger partial charge in [0.1, 0.15) is 0 Å². The third-order valence-electron chi connectivity index (χ3n) is 4.02. The van der Waals surface area contributed by atoms with Crippen molar-refractivity contribution in [1.29, 1.82) is 0 Å². The van der Waals surface area contributed by atoms with Gasteiger partial charge in [-0.15, -0.1) is 11.3 Å². The molecule has 120 valence electrons. The normalized spacial score (nSPS) is 24.3. The smallest absolute Gasteiger partial charge is 0.244 e. The fourth-order valence-electron chi connectivity index (χ4n) is 2.70. The topological polar surface area (TPSA) is 49.4 Å². The lowest BCUT2D eigenvalue weighted by Crippen LogP contribution is -2.44. The summed E-state index contributed by atoms with van der Waals surface area (Å²) in [6.07, 6.45) is 3.15. The van der Waals surface area contributed by atoms with E-state index in [1.165, 1.54) is 11.3 Å². The molecule has 2 rings (SSSR count). The average Bonchev–Trinajstić information content (AvgIpc) is 2.91. The van der Waals surface area contributed by atoms with Crippen LogP contribution < -0.4 is 5.32 Å². The van der Waals surface area contributed by atoms with E-state index in [-0.39, 0.29) is 6.04 Å². The zero-order valence-corrected chi connectivity index (χ0v) is 14.8. The van der Waals surface area contributed by atoms with Crippen LogP contribution in [0.2, 0.25) is 0 Å². The largest absolute Gasteiger partial charge is 0.312 e. The van der Waals surface area contributed by atoms with E-state index in [0.29, 0.717) is 17.4 Å². The Morgan fingerprint density at radius 1 is 1.38 bits per heavy atom. The van der Waals surface area contributed by atoms with Crippen LogP contribution in [0.15, 0.2) is 16.3 Å². The van der Waals surface area contributed by atoms with Crippen LogP contribution in [0.5, 0.6) is 0 Å². The molecule has 1 aromatic heterocycles. The van der Waals surface area contributed by atoms with Crippen molar-refractivity contribution in [3.63, 3.8) is 0 Å². The van der Waals surface area contributed by atoms with Gasteiger partial charge in [0.15, 0.2) is 0 Å². The number of nitrogens with one attached hydrogen (secondary N) is 1. The first-order chi connectivity index (χ1) is 9.95. The molecule has 0 spiro atoms. The van der Waals surface area contributed by atoms with Crippen molar-refractivity contribution >= 4 is 21.4 Å². The minimum Gasteiger partial charge on any atom is -0.312 e. The second-order valence-corrected chi connectivity index (χ2v) is 8.92. The molecule has 0 aromatic carbocycles. The Bertz CT molecular complexity index is 554. The van der Waals surface area contributed by atoms with Crippen LogP contribution in [0.3, 0.4) is 0 Å². The number of nitrogens with zero attached hydrogens (tertiary/aromatic N) is 1. The zero-order valence-electron chi connectivity index (χ0n) is 13.1. The predicted octanol–water partition coefficient (Wildman–Crippen LogP) is 3.06. The molecular weight excluding hydrogens is 304 g/mol. The Morgan fingerprint density at radius 2 is 2.14 bits per heavy atom. The summed E-state index contributed by atoms with van der Waals surface area (Å²) in [6, 6.07) is 1.93. The number of hydrogen-bond acceptors (Lipinski definition) is 4. The molecule has 0 bridgehead atoms. The molecular formula is C15H26N2O2S2. The molecule has 0 amide bonds. The van der Waals surface area contributed by atoms with E-state index in [0.717, 1.165) is 37.2 Å². The standard InChI is InChI=1S/C15H26N2O2S2/c1-4-7-16-9-14-8-15(11-20-14)21(18,19)17-10-12(2)5-6-13(17)3/h8,11-13,16H,4-7,9-10H2,1-3H3. The summed E-state index contributed by atoms with van der Waals surface area (Å²) in [7, 11) is -3.34. The highest BCUT2D eigenvalue weighted by molar-refractivity contribution is 7.89. The minimum absolute atomic E-state index is 0.104. The van der Waals surface area contributed by atoms with Gasteiger partial charge in [0.05, 0.1) is 4.90 Å². The van der Waals surface area contributed by atoms with Gasteiger partial charge in [-0.2, -0.15) is 4.31 Å². The Hall–Kier alpha value is -0.430. The summed E-state index contributed by atoms with van der Waals surface area (Å²) in [6.45, 7) is 8.61. The van der Waals surface area contributed by atoms with Gasteiger partial charge in [-0.05, 0) is 44.7 Å². The van der Waals surface area contributed by atoms with Gasteiger partial charge < -0.3 is 5.32 Å². The second-order valence-electron chi connectivity index (χ2n) is 6.03. The lowest BCUT2D eigenvalue weighted by atomic mass is 9.97. The van der Waals surface area contributed by atoms with Crippen molar-refractivity contribution in [2.75, 3.05) is 13.1 Å². The molecule has 1 saturated heterocycles. The molecule has 1 aromatic rings. The molecule has 1 aliphatic rings. The fourth-order valence-corrected chi connectivity index (χ4v) is 5.71. The first kappa shape index (κ1) is 16.9. The highest BCUT2D eigenvalue weighted by atomic mass is 32.2. The van der Waals surface area contributed by atoms with Gasteiger partial charge in [-0.25, -0.2) is 8.42 Å².